The molecule has 2 aliphatic heterocycles. The zero-order chi connectivity index (χ0) is 28.5. The van der Waals surface area contributed by atoms with Gasteiger partial charge in [0.15, 0.2) is 11.6 Å². The van der Waals surface area contributed by atoms with Crippen LogP contribution in [-0.2, 0) is 20.7 Å². The summed E-state index contributed by atoms with van der Waals surface area (Å²) in [5.41, 5.74) is 7.52. The number of allylic oxidation sites excluding steroid dienone is 2. The Morgan fingerprint density at radius 2 is 2.08 bits per heavy atom. The van der Waals surface area contributed by atoms with Crippen LogP contribution in [0.25, 0.3) is 0 Å². The molecule has 1 aromatic heterocycles. The average Bonchev–Trinajstić information content (AvgIpc) is 3.57. The molecule has 2 amide bonds. The van der Waals surface area contributed by atoms with Gasteiger partial charge < -0.3 is 30.2 Å². The number of amides is 2. The van der Waals surface area contributed by atoms with Gasteiger partial charge in [0, 0.05) is 31.3 Å². The molecule has 2 bridgehead atoms. The first-order valence-electron chi connectivity index (χ1n) is 13.4. The lowest BCUT2D eigenvalue weighted by atomic mass is 9.92. The summed E-state index contributed by atoms with van der Waals surface area (Å²) in [5.74, 6) is -1.36. The summed E-state index contributed by atoms with van der Waals surface area (Å²) < 4.78 is 11.4. The van der Waals surface area contributed by atoms with Crippen LogP contribution < -0.4 is 11.1 Å². The lowest BCUT2D eigenvalue weighted by Gasteiger charge is -2.30. The molecule has 1 fully saturated rings. The molecule has 39 heavy (non-hydrogen) atoms. The third kappa shape index (κ3) is 8.49. The van der Waals surface area contributed by atoms with E-state index in [1.54, 1.807) is 18.2 Å². The van der Waals surface area contributed by atoms with Crippen molar-refractivity contribution < 1.29 is 28.6 Å². The van der Waals surface area contributed by atoms with E-state index in [0.717, 1.165) is 5.57 Å². The molecule has 212 valence electrons. The van der Waals surface area contributed by atoms with Gasteiger partial charge in [-0.1, -0.05) is 55.9 Å². The number of carbonyl (C=O) groups is 3. The first kappa shape index (κ1) is 30.0. The number of aromatic nitrogens is 1. The Labute approximate surface area is 229 Å². The van der Waals surface area contributed by atoms with Crippen LogP contribution in [-0.4, -0.2) is 70.7 Å². The number of hydrogen-bond donors (Lipinski definition) is 3. The summed E-state index contributed by atoms with van der Waals surface area (Å²) in [4.78, 5) is 44.7. The highest BCUT2D eigenvalue weighted by Gasteiger charge is 2.39. The maximum absolute atomic E-state index is 13.3. The van der Waals surface area contributed by atoms with Crippen LogP contribution in [0.2, 0.25) is 0 Å². The molecule has 0 saturated carbocycles. The predicted molar refractivity (Wildman–Crippen MR) is 146 cm³/mol. The van der Waals surface area contributed by atoms with Crippen molar-refractivity contribution in [3.05, 3.63) is 66.0 Å². The van der Waals surface area contributed by atoms with Crippen molar-refractivity contribution in [3.8, 4) is 0 Å². The van der Waals surface area contributed by atoms with E-state index < -0.39 is 30.1 Å². The Morgan fingerprint density at radius 1 is 1.31 bits per heavy atom. The molecular weight excluding hydrogens is 500 g/mol. The zero-order valence-corrected chi connectivity index (χ0v) is 23.0. The SMILES string of the molecule is C=C1Cc2nc(co2)C(=O)N2CCC[C@@H]2C(=O)O[C@H]([C@@H](C)CN)[C@H](C)/C=C/C(=O)NC/C=C/C(C)=C/[C@@H](O)C1. The van der Waals surface area contributed by atoms with Crippen molar-refractivity contribution in [2.75, 3.05) is 19.6 Å². The monoisotopic (exact) mass is 540 g/mol. The summed E-state index contributed by atoms with van der Waals surface area (Å²) in [6.07, 6.45) is 10.0. The number of oxazole rings is 1. The Morgan fingerprint density at radius 3 is 2.82 bits per heavy atom. The van der Waals surface area contributed by atoms with Crippen molar-refractivity contribution in [2.24, 2.45) is 17.6 Å². The number of ether oxygens (including phenoxy) is 1. The predicted octanol–water partition coefficient (Wildman–Crippen LogP) is 2.46. The second-order valence-electron chi connectivity index (χ2n) is 10.4. The van der Waals surface area contributed by atoms with E-state index in [-0.39, 0.29) is 36.4 Å². The minimum atomic E-state index is -0.765. The van der Waals surface area contributed by atoms with Crippen molar-refractivity contribution in [1.29, 1.82) is 0 Å². The quantitative estimate of drug-likeness (QED) is 0.383. The van der Waals surface area contributed by atoms with E-state index >= 15 is 0 Å². The average molecular weight is 541 g/mol. The Bertz CT molecular complexity index is 1140. The third-order valence-electron chi connectivity index (χ3n) is 6.94. The number of rotatable bonds is 2. The third-order valence-corrected chi connectivity index (χ3v) is 6.94. The van der Waals surface area contributed by atoms with Gasteiger partial charge in [0.05, 0.1) is 6.10 Å². The van der Waals surface area contributed by atoms with Crippen LogP contribution in [0.4, 0.5) is 0 Å². The van der Waals surface area contributed by atoms with Crippen LogP contribution in [0.1, 0.15) is 56.4 Å². The lowest BCUT2D eigenvalue weighted by Crippen LogP contribution is -2.45. The largest absolute Gasteiger partial charge is 0.460 e. The molecule has 3 rings (SSSR count). The van der Waals surface area contributed by atoms with Gasteiger partial charge >= 0.3 is 5.97 Å². The number of nitrogens with zero attached hydrogens (tertiary/aromatic N) is 2. The Kier molecular flexibility index (Phi) is 10.8. The minimum Gasteiger partial charge on any atom is -0.460 e. The number of aliphatic hydroxyl groups is 1. The maximum Gasteiger partial charge on any atom is 0.329 e. The summed E-state index contributed by atoms with van der Waals surface area (Å²) >= 11 is 0. The molecule has 0 radical (unpaired) electrons. The van der Waals surface area contributed by atoms with Gasteiger partial charge in [-0.05, 0) is 38.8 Å². The Balaban J connectivity index is 1.87. The first-order chi connectivity index (χ1) is 18.6. The fraction of sp³-hybridized carbons (Fsp3) is 0.517. The maximum atomic E-state index is 13.3. The summed E-state index contributed by atoms with van der Waals surface area (Å²) in [7, 11) is 0. The molecule has 2 aliphatic rings. The molecule has 10 nitrogen and oxygen atoms in total. The molecule has 1 saturated heterocycles. The topological polar surface area (TPSA) is 148 Å². The molecule has 4 N–H and O–H groups in total. The zero-order valence-electron chi connectivity index (χ0n) is 23.0. The normalized spacial score (nSPS) is 30.0. The van der Waals surface area contributed by atoms with E-state index in [1.807, 2.05) is 26.8 Å². The summed E-state index contributed by atoms with van der Waals surface area (Å²) in [6.45, 7) is 10.6. The van der Waals surface area contributed by atoms with Crippen LogP contribution in [0.15, 0.2) is 58.8 Å². The van der Waals surface area contributed by atoms with E-state index in [0.29, 0.717) is 43.8 Å². The van der Waals surface area contributed by atoms with Gasteiger partial charge in [-0.25, -0.2) is 9.78 Å². The van der Waals surface area contributed by atoms with E-state index in [9.17, 15) is 19.5 Å². The number of nitrogens with two attached hydrogens (primary N) is 1. The molecular formula is C29H40N4O6. The molecule has 1 aromatic rings. The van der Waals surface area contributed by atoms with Gasteiger partial charge in [0.1, 0.15) is 18.4 Å². The molecule has 0 aromatic carbocycles. The number of aliphatic hydroxyl groups excluding tert-OH is 1. The summed E-state index contributed by atoms with van der Waals surface area (Å²) in [5, 5.41) is 13.2. The van der Waals surface area contributed by atoms with Crippen molar-refractivity contribution in [1.82, 2.24) is 15.2 Å². The second-order valence-corrected chi connectivity index (χ2v) is 10.4. The van der Waals surface area contributed by atoms with E-state index in [2.05, 4.69) is 16.9 Å². The van der Waals surface area contributed by atoms with Crippen molar-refractivity contribution >= 4 is 17.8 Å². The minimum absolute atomic E-state index is 0.103. The first-order valence-corrected chi connectivity index (χ1v) is 13.4. The number of esters is 1. The molecule has 5 atom stereocenters. The van der Waals surface area contributed by atoms with Crippen molar-refractivity contribution in [2.45, 2.75) is 64.7 Å². The van der Waals surface area contributed by atoms with Crippen LogP contribution in [0.3, 0.4) is 0 Å². The van der Waals surface area contributed by atoms with Gasteiger partial charge in [0.25, 0.3) is 5.91 Å². The van der Waals surface area contributed by atoms with Gasteiger partial charge in [-0.15, -0.1) is 0 Å². The number of nitrogens with one attached hydrogen (secondary N) is 1. The van der Waals surface area contributed by atoms with Gasteiger partial charge in [-0.3, -0.25) is 9.59 Å². The molecule has 10 heteroatoms. The fourth-order valence-electron chi connectivity index (χ4n) is 4.79. The highest BCUT2D eigenvalue weighted by Crippen LogP contribution is 2.25. The molecule has 3 heterocycles. The highest BCUT2D eigenvalue weighted by atomic mass is 16.5. The Hall–Kier alpha value is -3.50. The number of cyclic esters (lactones) is 1. The van der Waals surface area contributed by atoms with Crippen LogP contribution >= 0.6 is 0 Å². The molecule has 0 unspecified atom stereocenters. The lowest BCUT2D eigenvalue weighted by molar-refractivity contribution is -0.158. The number of fused-ring (bicyclic) bond motifs is 3. The highest BCUT2D eigenvalue weighted by molar-refractivity contribution is 5.95. The number of carbonyl (C=O) groups excluding carboxylic acids is 3. The van der Waals surface area contributed by atoms with E-state index in [4.69, 9.17) is 14.9 Å². The van der Waals surface area contributed by atoms with Crippen molar-refractivity contribution in [3.63, 3.8) is 0 Å². The second kappa shape index (κ2) is 14.0. The smallest absolute Gasteiger partial charge is 0.329 e. The summed E-state index contributed by atoms with van der Waals surface area (Å²) in [6, 6.07) is -0.752. The standard InChI is InChI=1S/C29H40N4O6/c1-18-7-5-11-31-25(35)10-9-20(3)27(21(4)16-30)39-29(37)24-8-6-12-33(24)28(36)23-17-38-26(32-23)15-19(2)14-22(34)13-18/h5,7,9-10,13,17,20-22,24,27,34H,2,6,8,11-12,14-16,30H2,1,3-4H3,(H,31,35)/b7-5+,10-9+,18-13+/t20-,21+,22-,24-,27+/m1/s1. The van der Waals surface area contributed by atoms with Gasteiger partial charge in [-0.2, -0.15) is 0 Å². The van der Waals surface area contributed by atoms with Crippen LogP contribution in [0, 0.1) is 11.8 Å². The van der Waals surface area contributed by atoms with Gasteiger partial charge in [0.2, 0.25) is 5.91 Å². The van der Waals surface area contributed by atoms with Crippen LogP contribution in [0.5, 0.6) is 0 Å². The molecule has 0 spiro atoms. The number of hydrogen-bond acceptors (Lipinski definition) is 8. The fourth-order valence-corrected chi connectivity index (χ4v) is 4.79. The van der Waals surface area contributed by atoms with E-state index in [1.165, 1.54) is 17.2 Å². The molecule has 0 aliphatic carbocycles.